The van der Waals surface area contributed by atoms with E-state index >= 15 is 0 Å². The van der Waals surface area contributed by atoms with E-state index in [2.05, 4.69) is 37.4 Å². The molecule has 1 aliphatic rings. The van der Waals surface area contributed by atoms with Crippen LogP contribution in [0.2, 0.25) is 0 Å². The highest BCUT2D eigenvalue weighted by molar-refractivity contribution is 5.93. The molecule has 3 aromatic heterocycles. The van der Waals surface area contributed by atoms with Gasteiger partial charge in [-0.1, -0.05) is 0 Å². The van der Waals surface area contributed by atoms with E-state index in [1.165, 1.54) is 0 Å². The summed E-state index contributed by atoms with van der Waals surface area (Å²) in [7, 11) is 0. The van der Waals surface area contributed by atoms with E-state index in [9.17, 15) is 4.79 Å². The zero-order valence-electron chi connectivity index (χ0n) is 20.6. The highest BCUT2D eigenvalue weighted by Crippen LogP contribution is 2.30. The number of alkyl carbamates (subject to hydrolysis) is 1. The van der Waals surface area contributed by atoms with Gasteiger partial charge in [0.25, 0.3) is 0 Å². The lowest BCUT2D eigenvalue weighted by atomic mass is 9.89. The predicted octanol–water partition coefficient (Wildman–Crippen LogP) is 5.33. The van der Waals surface area contributed by atoms with Crippen molar-refractivity contribution in [3.63, 3.8) is 0 Å². The van der Waals surface area contributed by atoms with Gasteiger partial charge in [-0.25, -0.2) is 14.8 Å². The van der Waals surface area contributed by atoms with Gasteiger partial charge in [0.1, 0.15) is 29.0 Å². The smallest absolute Gasteiger partial charge is 0.408 e. The van der Waals surface area contributed by atoms with Crippen molar-refractivity contribution in [3.05, 3.63) is 48.6 Å². The summed E-state index contributed by atoms with van der Waals surface area (Å²) < 4.78 is 10.9. The molecule has 4 aromatic rings. The van der Waals surface area contributed by atoms with Gasteiger partial charge in [-0.15, -0.1) is 0 Å². The molecule has 0 aliphatic carbocycles. The minimum absolute atomic E-state index is 0.277. The number of benzene rings is 1. The van der Waals surface area contributed by atoms with E-state index in [0.29, 0.717) is 0 Å². The second-order valence-corrected chi connectivity index (χ2v) is 10.5. The van der Waals surface area contributed by atoms with E-state index in [4.69, 9.17) is 9.15 Å². The summed E-state index contributed by atoms with van der Waals surface area (Å²) in [5.41, 5.74) is 2.94. The van der Waals surface area contributed by atoms with Gasteiger partial charge in [-0.3, -0.25) is 4.90 Å². The van der Waals surface area contributed by atoms with Crippen LogP contribution in [0.3, 0.4) is 0 Å². The molecule has 4 heterocycles. The molecule has 0 radical (unpaired) electrons. The van der Waals surface area contributed by atoms with Crippen molar-refractivity contribution in [2.75, 3.05) is 18.4 Å². The van der Waals surface area contributed by atoms with Gasteiger partial charge in [0.15, 0.2) is 0 Å². The van der Waals surface area contributed by atoms with E-state index in [1.54, 1.807) is 12.6 Å². The van der Waals surface area contributed by atoms with Crippen LogP contribution in [0.4, 0.5) is 16.3 Å². The van der Waals surface area contributed by atoms with Crippen molar-refractivity contribution in [3.8, 4) is 0 Å². The van der Waals surface area contributed by atoms with Crippen molar-refractivity contribution in [1.82, 2.24) is 25.2 Å². The fraction of sp³-hybridized carbons (Fsp3) is 0.423. The molecule has 0 atom stereocenters. The molecular formula is C26H32N6O3. The number of H-pyrrole nitrogens is 1. The van der Waals surface area contributed by atoms with Crippen LogP contribution in [0.5, 0.6) is 0 Å². The fourth-order valence-corrected chi connectivity index (χ4v) is 4.55. The molecule has 1 saturated heterocycles. The second-order valence-electron chi connectivity index (χ2n) is 10.5. The number of carbonyl (C=O) groups excluding carboxylic acids is 1. The lowest BCUT2D eigenvalue weighted by Crippen LogP contribution is -2.54. The van der Waals surface area contributed by atoms with Crippen molar-refractivity contribution >= 4 is 39.6 Å². The number of anilines is 2. The number of nitrogens with one attached hydrogen (secondary N) is 3. The number of furan rings is 1. The van der Waals surface area contributed by atoms with Crippen LogP contribution in [0.15, 0.2) is 47.5 Å². The number of nitrogens with zero attached hydrogens (tertiary/aromatic N) is 3. The summed E-state index contributed by atoms with van der Waals surface area (Å²) in [5, 5.41) is 8.55. The van der Waals surface area contributed by atoms with E-state index in [1.807, 2.05) is 51.2 Å². The Kier molecular flexibility index (Phi) is 5.88. The Labute approximate surface area is 204 Å². The minimum atomic E-state index is -0.505. The molecule has 1 aliphatic heterocycles. The Bertz CT molecular complexity index is 1340. The normalized spacial score (nSPS) is 16.5. The van der Waals surface area contributed by atoms with E-state index in [-0.39, 0.29) is 11.6 Å². The molecule has 0 unspecified atom stereocenters. The van der Waals surface area contributed by atoms with Gasteiger partial charge in [-0.2, -0.15) is 0 Å². The number of hydrogen-bond acceptors (Lipinski definition) is 7. The van der Waals surface area contributed by atoms with E-state index < -0.39 is 5.60 Å². The molecule has 184 valence electrons. The number of rotatable bonds is 5. The standard InChI is InChI=1S/C26H32N6O3/c1-25(2,3)35-24(33)31-26(4)8-10-32(11-9-26)15-18-14-27-22-21(18)23(29-16-28-22)30-19-5-6-20-17(13-19)7-12-34-20/h5-7,12-14,16H,8-11,15H2,1-4H3,(H,31,33)(H2,27,28,29,30). The maximum atomic E-state index is 12.3. The molecule has 9 heteroatoms. The van der Waals surface area contributed by atoms with Crippen LogP contribution < -0.4 is 10.6 Å². The molecule has 1 amide bonds. The zero-order valence-corrected chi connectivity index (χ0v) is 20.6. The average Bonchev–Trinajstić information content (AvgIpc) is 3.41. The highest BCUT2D eigenvalue weighted by atomic mass is 16.6. The molecule has 0 saturated carbocycles. The number of amides is 1. The average molecular weight is 477 g/mol. The summed E-state index contributed by atoms with van der Waals surface area (Å²) >= 11 is 0. The first kappa shape index (κ1) is 23.2. The minimum Gasteiger partial charge on any atom is -0.464 e. The Morgan fingerprint density at radius 3 is 2.80 bits per heavy atom. The van der Waals surface area contributed by atoms with Crippen molar-refractivity contribution < 1.29 is 13.9 Å². The van der Waals surface area contributed by atoms with Crippen LogP contribution >= 0.6 is 0 Å². The first-order chi connectivity index (χ1) is 16.7. The Morgan fingerprint density at radius 1 is 1.23 bits per heavy atom. The number of fused-ring (bicyclic) bond motifs is 2. The molecule has 5 rings (SSSR count). The quantitative estimate of drug-likeness (QED) is 0.357. The van der Waals surface area contributed by atoms with Gasteiger partial charge in [0.05, 0.1) is 11.6 Å². The topological polar surface area (TPSA) is 108 Å². The maximum Gasteiger partial charge on any atom is 0.408 e. The molecule has 0 bridgehead atoms. The van der Waals surface area contributed by atoms with Crippen LogP contribution in [-0.2, 0) is 11.3 Å². The molecule has 3 N–H and O–H groups in total. The fourth-order valence-electron chi connectivity index (χ4n) is 4.55. The first-order valence-electron chi connectivity index (χ1n) is 12.0. The van der Waals surface area contributed by atoms with Crippen LogP contribution in [0.25, 0.3) is 22.0 Å². The summed E-state index contributed by atoms with van der Waals surface area (Å²) in [4.78, 5) is 26.9. The molecule has 1 aromatic carbocycles. The number of aromatic amines is 1. The SMILES string of the molecule is CC1(NC(=O)OC(C)(C)C)CCN(Cc2c[nH]c3ncnc(Nc4ccc5occc5c4)c23)CC1. The van der Waals surface area contributed by atoms with Gasteiger partial charge < -0.3 is 24.8 Å². The van der Waals surface area contributed by atoms with Crippen LogP contribution in [-0.4, -0.2) is 50.2 Å². The zero-order chi connectivity index (χ0) is 24.6. The Morgan fingerprint density at radius 2 is 2.03 bits per heavy atom. The summed E-state index contributed by atoms with van der Waals surface area (Å²) in [6.07, 6.45) is 6.61. The van der Waals surface area contributed by atoms with E-state index in [0.717, 1.165) is 71.5 Å². The van der Waals surface area contributed by atoms with Gasteiger partial charge in [0, 0.05) is 42.4 Å². The predicted molar refractivity (Wildman–Crippen MR) is 136 cm³/mol. The molecule has 35 heavy (non-hydrogen) atoms. The van der Waals surface area contributed by atoms with Crippen molar-refractivity contribution in [2.45, 2.75) is 58.2 Å². The van der Waals surface area contributed by atoms with Gasteiger partial charge in [-0.05, 0) is 70.4 Å². The van der Waals surface area contributed by atoms with Crippen LogP contribution in [0, 0.1) is 0 Å². The number of ether oxygens (including phenoxy) is 1. The second kappa shape index (κ2) is 8.88. The summed E-state index contributed by atoms with van der Waals surface area (Å²) in [6.45, 7) is 10.2. The van der Waals surface area contributed by atoms with Crippen molar-refractivity contribution in [1.29, 1.82) is 0 Å². The maximum absolute atomic E-state index is 12.3. The monoisotopic (exact) mass is 476 g/mol. The largest absolute Gasteiger partial charge is 0.464 e. The number of carbonyl (C=O) groups is 1. The Hall–Kier alpha value is -3.59. The number of aromatic nitrogens is 3. The molecule has 1 fully saturated rings. The lowest BCUT2D eigenvalue weighted by Gasteiger charge is -2.40. The molecule has 0 spiro atoms. The van der Waals surface area contributed by atoms with Crippen molar-refractivity contribution in [2.24, 2.45) is 0 Å². The lowest BCUT2D eigenvalue weighted by molar-refractivity contribution is 0.0402. The number of piperidine rings is 1. The third kappa shape index (κ3) is 5.24. The number of likely N-dealkylation sites (tertiary alicyclic amines) is 1. The van der Waals surface area contributed by atoms with Gasteiger partial charge in [0.2, 0.25) is 0 Å². The third-order valence-electron chi connectivity index (χ3n) is 6.42. The van der Waals surface area contributed by atoms with Gasteiger partial charge >= 0.3 is 6.09 Å². The Balaban J connectivity index is 1.28. The first-order valence-corrected chi connectivity index (χ1v) is 12.0. The number of hydrogen-bond donors (Lipinski definition) is 3. The van der Waals surface area contributed by atoms with Crippen LogP contribution in [0.1, 0.15) is 46.1 Å². The molecular weight excluding hydrogens is 444 g/mol. The third-order valence-corrected chi connectivity index (χ3v) is 6.42. The molecule has 9 nitrogen and oxygen atoms in total. The summed E-state index contributed by atoms with van der Waals surface area (Å²) in [6, 6.07) is 7.92. The highest BCUT2D eigenvalue weighted by Gasteiger charge is 2.33. The summed E-state index contributed by atoms with van der Waals surface area (Å²) in [5.74, 6) is 0.766.